The molecule has 0 saturated heterocycles. The number of oxazole rings is 1. The van der Waals surface area contributed by atoms with Gasteiger partial charge in [-0.15, -0.1) is 0 Å². The molecule has 1 aliphatic rings. The molecule has 34 heavy (non-hydrogen) atoms. The number of carbonyl (C=O) groups is 2. The van der Waals surface area contributed by atoms with Crippen LogP contribution < -0.4 is 5.32 Å². The lowest BCUT2D eigenvalue weighted by Crippen LogP contribution is -2.18. The third-order valence-corrected chi connectivity index (χ3v) is 7.67. The molecular formula is C23H18N4O5S2. The van der Waals surface area contributed by atoms with Gasteiger partial charge >= 0.3 is 12.1 Å². The number of thiazole rings is 2. The van der Waals surface area contributed by atoms with Crippen LogP contribution in [0, 0.1) is 18.8 Å². The quantitative estimate of drug-likeness (QED) is 0.376. The van der Waals surface area contributed by atoms with Crippen LogP contribution in [0.5, 0.6) is 0 Å². The van der Waals surface area contributed by atoms with E-state index in [2.05, 4.69) is 32.1 Å². The van der Waals surface area contributed by atoms with Crippen LogP contribution in [0.3, 0.4) is 0 Å². The molecule has 11 heteroatoms. The Morgan fingerprint density at radius 3 is 2.68 bits per heavy atom. The highest BCUT2D eigenvalue weighted by atomic mass is 32.1. The number of fused-ring (bicyclic) bond motifs is 1. The van der Waals surface area contributed by atoms with E-state index in [-0.39, 0.29) is 11.6 Å². The highest BCUT2D eigenvalue weighted by molar-refractivity contribution is 7.26. The van der Waals surface area contributed by atoms with Gasteiger partial charge in [-0.3, -0.25) is 10.1 Å². The first-order valence-electron chi connectivity index (χ1n) is 10.4. The van der Waals surface area contributed by atoms with E-state index >= 15 is 0 Å². The van der Waals surface area contributed by atoms with E-state index in [1.165, 1.54) is 29.1 Å². The molecule has 0 spiro atoms. The van der Waals surface area contributed by atoms with Crippen LogP contribution >= 0.6 is 22.7 Å². The van der Waals surface area contributed by atoms with E-state index in [9.17, 15) is 14.7 Å². The Hall–Kier alpha value is -3.75. The van der Waals surface area contributed by atoms with Crippen LogP contribution in [0.1, 0.15) is 52.7 Å². The molecule has 1 saturated carbocycles. The van der Waals surface area contributed by atoms with Crippen LogP contribution in [-0.2, 0) is 14.9 Å². The molecule has 1 aliphatic carbocycles. The molecule has 172 valence electrons. The van der Waals surface area contributed by atoms with Crippen LogP contribution in [-0.4, -0.2) is 32.1 Å². The molecule has 1 amide bonds. The van der Waals surface area contributed by atoms with Crippen molar-refractivity contribution in [2.75, 3.05) is 5.32 Å². The summed E-state index contributed by atoms with van der Waals surface area (Å²) in [5, 5.41) is 13.1. The molecule has 9 nitrogen and oxygen atoms in total. The zero-order chi connectivity index (χ0) is 23.9. The minimum atomic E-state index is -0.844. The van der Waals surface area contributed by atoms with Crippen molar-refractivity contribution >= 4 is 50.3 Å². The maximum absolute atomic E-state index is 12.4. The Balaban J connectivity index is 1.27. The molecule has 1 aromatic carbocycles. The molecule has 1 atom stereocenters. The van der Waals surface area contributed by atoms with Crippen LogP contribution in [0.15, 0.2) is 35.1 Å². The summed E-state index contributed by atoms with van der Waals surface area (Å²) in [6.07, 6.45) is 1.25. The number of carboxylic acids is 1. The summed E-state index contributed by atoms with van der Waals surface area (Å²) in [5.41, 5.74) is 1.32. The Morgan fingerprint density at radius 1 is 1.21 bits per heavy atom. The fraction of sp³-hybridized carbons (Fsp3) is 0.261. The molecule has 2 N–H and O–H groups in total. The monoisotopic (exact) mass is 494 g/mol. The number of aromatic nitrogens is 3. The molecule has 1 fully saturated rings. The highest BCUT2D eigenvalue weighted by Crippen LogP contribution is 2.50. The van der Waals surface area contributed by atoms with Gasteiger partial charge in [0.25, 0.3) is 0 Å². The predicted molar refractivity (Wildman–Crippen MR) is 126 cm³/mol. The largest absolute Gasteiger partial charge is 0.481 e. The average molecular weight is 495 g/mol. The highest BCUT2D eigenvalue weighted by Gasteiger charge is 2.54. The van der Waals surface area contributed by atoms with Gasteiger partial charge in [-0.1, -0.05) is 46.9 Å². The van der Waals surface area contributed by atoms with Crippen molar-refractivity contribution in [1.82, 2.24) is 15.0 Å². The second-order valence-electron chi connectivity index (χ2n) is 7.84. The summed E-state index contributed by atoms with van der Waals surface area (Å²) in [6, 6.07) is 7.67. The number of carboxylic acid groups (broad SMARTS) is 1. The first kappa shape index (κ1) is 22.1. The number of nitrogens with zero attached hydrogens (tertiary/aromatic N) is 3. The number of aliphatic carboxylic acids is 1. The van der Waals surface area contributed by atoms with E-state index in [0.717, 1.165) is 11.1 Å². The second kappa shape index (κ2) is 8.55. The Bertz CT molecular complexity index is 1440. The van der Waals surface area contributed by atoms with Gasteiger partial charge in [-0.05, 0) is 49.7 Å². The number of nitrogens with one attached hydrogen (secondary N) is 1. The van der Waals surface area contributed by atoms with E-state index < -0.39 is 23.6 Å². The van der Waals surface area contributed by atoms with E-state index in [4.69, 9.17) is 9.15 Å². The maximum Gasteiger partial charge on any atom is 0.414 e. The topological polar surface area (TPSA) is 127 Å². The van der Waals surface area contributed by atoms with Crippen molar-refractivity contribution in [2.24, 2.45) is 0 Å². The van der Waals surface area contributed by atoms with Crippen LogP contribution in [0.4, 0.5) is 10.7 Å². The summed E-state index contributed by atoms with van der Waals surface area (Å²) in [6.45, 7) is 3.74. The van der Waals surface area contributed by atoms with Gasteiger partial charge in [-0.2, -0.15) is 0 Å². The molecule has 1 unspecified atom stereocenters. The lowest BCUT2D eigenvalue weighted by Gasteiger charge is -2.15. The average Bonchev–Trinajstić information content (AvgIpc) is 3.12. The van der Waals surface area contributed by atoms with Crippen LogP contribution in [0.25, 0.3) is 9.66 Å². The van der Waals surface area contributed by atoms with E-state index in [1.807, 2.05) is 31.2 Å². The second-order valence-corrected chi connectivity index (χ2v) is 9.80. The molecule has 0 bridgehead atoms. The van der Waals surface area contributed by atoms with Gasteiger partial charge in [0.2, 0.25) is 5.88 Å². The number of benzene rings is 1. The fourth-order valence-corrected chi connectivity index (χ4v) is 5.60. The Morgan fingerprint density at radius 2 is 1.97 bits per heavy atom. The number of hydrogen-bond acceptors (Lipinski definition) is 9. The molecule has 0 aliphatic heterocycles. The first-order chi connectivity index (χ1) is 16.4. The fourth-order valence-electron chi connectivity index (χ4n) is 3.47. The number of anilines is 1. The molecule has 3 aromatic heterocycles. The minimum absolute atomic E-state index is 0.0744. The lowest BCUT2D eigenvalue weighted by atomic mass is 10.1. The van der Waals surface area contributed by atoms with Gasteiger partial charge < -0.3 is 14.3 Å². The number of ether oxygens (including phenoxy) is 1. The van der Waals surface area contributed by atoms with Crippen LogP contribution in [0.2, 0.25) is 0 Å². The number of amides is 1. The summed E-state index contributed by atoms with van der Waals surface area (Å²) in [7, 11) is 0. The number of rotatable bonds is 5. The Labute approximate surface area is 201 Å². The lowest BCUT2D eigenvalue weighted by molar-refractivity contribution is -0.140. The van der Waals surface area contributed by atoms with Gasteiger partial charge in [0.1, 0.15) is 16.5 Å². The summed E-state index contributed by atoms with van der Waals surface area (Å²) < 4.78 is 10.7. The zero-order valence-corrected chi connectivity index (χ0v) is 19.7. The van der Waals surface area contributed by atoms with Gasteiger partial charge in [0.15, 0.2) is 26.8 Å². The van der Waals surface area contributed by atoms with Gasteiger partial charge in [0.05, 0.1) is 0 Å². The van der Waals surface area contributed by atoms with Crippen molar-refractivity contribution in [2.45, 2.75) is 38.2 Å². The Kier molecular flexibility index (Phi) is 5.55. The molecule has 3 heterocycles. The van der Waals surface area contributed by atoms with E-state index in [1.54, 1.807) is 6.92 Å². The third-order valence-electron chi connectivity index (χ3n) is 5.53. The number of carbonyl (C=O) groups excluding carboxylic acids is 1. The number of aryl methyl sites for hydroxylation is 1. The normalized spacial score (nSPS) is 14.8. The molecule has 0 radical (unpaired) electrons. The SMILES string of the molecule is Cc1ccccc1C(C)OC(=O)Nc1ocnc1C#Cc1nc2sc(C3(C(=O)O)CC3)nc2s1. The zero-order valence-electron chi connectivity index (χ0n) is 18.1. The summed E-state index contributed by atoms with van der Waals surface area (Å²) in [4.78, 5) is 38.1. The van der Waals surface area contributed by atoms with Crippen molar-refractivity contribution in [3.63, 3.8) is 0 Å². The smallest absolute Gasteiger partial charge is 0.414 e. The standard InChI is InChI=1S/C23H18N4O5S2/c1-12-5-3-4-6-14(12)13(2)32-22(30)26-17-15(24-11-31-17)7-8-16-25-18-19(33-16)27-20(34-18)23(9-10-23)21(28)29/h3-6,11,13H,9-10H2,1-2H3,(H,26,30)(H,28,29). The van der Waals surface area contributed by atoms with Crippen molar-refractivity contribution < 1.29 is 23.8 Å². The third kappa shape index (κ3) is 4.13. The summed E-state index contributed by atoms with van der Waals surface area (Å²) >= 11 is 2.56. The molecule has 4 aromatic rings. The van der Waals surface area contributed by atoms with E-state index in [0.29, 0.717) is 32.5 Å². The van der Waals surface area contributed by atoms with Crippen molar-refractivity contribution in [3.05, 3.63) is 57.5 Å². The summed E-state index contributed by atoms with van der Waals surface area (Å²) in [5.74, 6) is 4.97. The van der Waals surface area contributed by atoms with Gasteiger partial charge in [-0.25, -0.2) is 19.7 Å². The molecule has 5 rings (SSSR count). The predicted octanol–water partition coefficient (Wildman–Crippen LogP) is 4.87. The van der Waals surface area contributed by atoms with Crippen molar-refractivity contribution in [1.29, 1.82) is 0 Å². The van der Waals surface area contributed by atoms with Gasteiger partial charge in [0, 0.05) is 0 Å². The molecular weight excluding hydrogens is 476 g/mol. The minimum Gasteiger partial charge on any atom is -0.481 e. The number of hydrogen-bond donors (Lipinski definition) is 2. The van der Waals surface area contributed by atoms with Crippen molar-refractivity contribution in [3.8, 4) is 11.8 Å². The maximum atomic E-state index is 12.4. The first-order valence-corrected chi connectivity index (χ1v) is 12.0.